The van der Waals surface area contributed by atoms with Crippen LogP contribution in [-0.4, -0.2) is 47.0 Å². The van der Waals surface area contributed by atoms with Gasteiger partial charge in [0.15, 0.2) is 0 Å². The quantitative estimate of drug-likeness (QED) is 0.658. The Hall–Kier alpha value is -1.73. The van der Waals surface area contributed by atoms with E-state index in [-0.39, 0.29) is 10.6 Å². The first-order chi connectivity index (χ1) is 10.9. The number of amides is 2. The van der Waals surface area contributed by atoms with E-state index in [1.807, 2.05) is 6.26 Å². The standard InChI is InChI=1S/C15H19ClN2O4S/c1-9(15(21)22)17-14(20)12(7-8-23-2)18-13(19)10-5-3-4-6-11(10)16/h3-6,9,12H,7-8H2,1-2H3,(H,17,20)(H,18,19)(H,21,22). The van der Waals surface area contributed by atoms with Gasteiger partial charge in [0.05, 0.1) is 10.6 Å². The Morgan fingerprint density at radius 1 is 1.26 bits per heavy atom. The van der Waals surface area contributed by atoms with Gasteiger partial charge in [0, 0.05) is 0 Å². The lowest BCUT2D eigenvalue weighted by Gasteiger charge is -2.20. The number of hydrogen-bond donors (Lipinski definition) is 3. The zero-order valence-corrected chi connectivity index (χ0v) is 14.4. The Morgan fingerprint density at radius 3 is 2.48 bits per heavy atom. The number of aliphatic carboxylic acids is 1. The number of carbonyl (C=O) groups excluding carboxylic acids is 2. The van der Waals surface area contributed by atoms with Crippen LogP contribution in [0.5, 0.6) is 0 Å². The van der Waals surface area contributed by atoms with Gasteiger partial charge in [-0.3, -0.25) is 14.4 Å². The van der Waals surface area contributed by atoms with Crippen molar-refractivity contribution in [3.8, 4) is 0 Å². The molecule has 3 N–H and O–H groups in total. The predicted octanol–water partition coefficient (Wildman–Crippen LogP) is 1.78. The van der Waals surface area contributed by atoms with E-state index in [9.17, 15) is 14.4 Å². The van der Waals surface area contributed by atoms with Crippen LogP contribution in [0.15, 0.2) is 24.3 Å². The van der Waals surface area contributed by atoms with Crippen LogP contribution in [0.4, 0.5) is 0 Å². The number of carbonyl (C=O) groups is 3. The maximum absolute atomic E-state index is 12.3. The van der Waals surface area contributed by atoms with Crippen LogP contribution in [0, 0.1) is 0 Å². The topological polar surface area (TPSA) is 95.5 Å². The lowest BCUT2D eigenvalue weighted by atomic mass is 10.1. The van der Waals surface area contributed by atoms with E-state index in [4.69, 9.17) is 16.7 Å². The zero-order valence-electron chi connectivity index (χ0n) is 12.8. The fourth-order valence-electron chi connectivity index (χ4n) is 1.76. The molecule has 0 spiro atoms. The third kappa shape index (κ3) is 6.11. The van der Waals surface area contributed by atoms with E-state index in [1.165, 1.54) is 18.7 Å². The summed E-state index contributed by atoms with van der Waals surface area (Å²) in [6, 6.07) is 4.65. The summed E-state index contributed by atoms with van der Waals surface area (Å²) in [4.78, 5) is 35.3. The molecular formula is C15H19ClN2O4S. The van der Waals surface area contributed by atoms with Crippen LogP contribution < -0.4 is 10.6 Å². The van der Waals surface area contributed by atoms with Crippen LogP contribution in [0.25, 0.3) is 0 Å². The zero-order chi connectivity index (χ0) is 17.4. The van der Waals surface area contributed by atoms with E-state index in [0.29, 0.717) is 12.2 Å². The van der Waals surface area contributed by atoms with Gasteiger partial charge >= 0.3 is 5.97 Å². The number of halogens is 1. The number of thioether (sulfide) groups is 1. The molecule has 6 nitrogen and oxygen atoms in total. The van der Waals surface area contributed by atoms with Crippen molar-refractivity contribution in [3.63, 3.8) is 0 Å². The van der Waals surface area contributed by atoms with Crippen molar-refractivity contribution in [2.45, 2.75) is 25.4 Å². The summed E-state index contributed by atoms with van der Waals surface area (Å²) < 4.78 is 0. The number of hydrogen-bond acceptors (Lipinski definition) is 4. The minimum atomic E-state index is -1.14. The average Bonchev–Trinajstić information content (AvgIpc) is 2.51. The first-order valence-corrected chi connectivity index (χ1v) is 8.71. The molecule has 1 aromatic rings. The molecule has 0 saturated carbocycles. The fraction of sp³-hybridized carbons (Fsp3) is 0.400. The summed E-state index contributed by atoms with van der Waals surface area (Å²) in [5.41, 5.74) is 0.266. The average molecular weight is 359 g/mol. The monoisotopic (exact) mass is 358 g/mol. The third-order valence-corrected chi connectivity index (χ3v) is 4.05. The molecule has 23 heavy (non-hydrogen) atoms. The Kier molecular flexibility index (Phi) is 7.91. The maximum atomic E-state index is 12.3. The first kappa shape index (κ1) is 19.3. The highest BCUT2D eigenvalue weighted by molar-refractivity contribution is 7.98. The molecule has 2 unspecified atom stereocenters. The molecular weight excluding hydrogens is 340 g/mol. The van der Waals surface area contributed by atoms with Crippen LogP contribution in [0.1, 0.15) is 23.7 Å². The van der Waals surface area contributed by atoms with Crippen LogP contribution in [-0.2, 0) is 9.59 Å². The van der Waals surface area contributed by atoms with Crippen molar-refractivity contribution in [2.75, 3.05) is 12.0 Å². The van der Waals surface area contributed by atoms with Gasteiger partial charge in [0.25, 0.3) is 5.91 Å². The molecule has 8 heteroatoms. The number of nitrogens with one attached hydrogen (secondary N) is 2. The molecule has 2 atom stereocenters. The Morgan fingerprint density at radius 2 is 1.91 bits per heavy atom. The van der Waals surface area contributed by atoms with E-state index in [2.05, 4.69) is 10.6 Å². The minimum absolute atomic E-state index is 0.266. The smallest absolute Gasteiger partial charge is 0.325 e. The fourth-order valence-corrected chi connectivity index (χ4v) is 2.45. The molecule has 0 heterocycles. The third-order valence-electron chi connectivity index (χ3n) is 3.08. The lowest BCUT2D eigenvalue weighted by molar-refractivity contribution is -0.141. The van der Waals surface area contributed by atoms with Gasteiger partial charge in [0.2, 0.25) is 5.91 Å². The summed E-state index contributed by atoms with van der Waals surface area (Å²) in [6.07, 6.45) is 2.26. The second kappa shape index (κ2) is 9.42. The van der Waals surface area contributed by atoms with Crippen molar-refractivity contribution in [1.29, 1.82) is 0 Å². The van der Waals surface area contributed by atoms with Crippen molar-refractivity contribution in [1.82, 2.24) is 10.6 Å². The second-order valence-corrected chi connectivity index (χ2v) is 6.25. The molecule has 0 bridgehead atoms. The van der Waals surface area contributed by atoms with E-state index in [0.717, 1.165) is 0 Å². The molecule has 0 saturated heterocycles. The molecule has 0 aliphatic carbocycles. The van der Waals surface area contributed by atoms with Crippen molar-refractivity contribution in [3.05, 3.63) is 34.9 Å². The first-order valence-electron chi connectivity index (χ1n) is 6.94. The minimum Gasteiger partial charge on any atom is -0.480 e. The Balaban J connectivity index is 2.81. The summed E-state index contributed by atoms with van der Waals surface area (Å²) >= 11 is 7.49. The molecule has 126 valence electrons. The number of carboxylic acids is 1. The molecule has 0 fully saturated rings. The second-order valence-electron chi connectivity index (χ2n) is 4.86. The van der Waals surface area contributed by atoms with Crippen LogP contribution >= 0.6 is 23.4 Å². The largest absolute Gasteiger partial charge is 0.480 e. The normalized spacial score (nSPS) is 13.0. The van der Waals surface area contributed by atoms with Gasteiger partial charge in [-0.15, -0.1) is 0 Å². The van der Waals surface area contributed by atoms with Crippen molar-refractivity contribution in [2.24, 2.45) is 0 Å². The molecule has 2 amide bonds. The van der Waals surface area contributed by atoms with Gasteiger partial charge in [-0.1, -0.05) is 23.7 Å². The molecule has 1 rings (SSSR count). The molecule has 1 aromatic carbocycles. The predicted molar refractivity (Wildman–Crippen MR) is 90.9 cm³/mol. The van der Waals surface area contributed by atoms with E-state index < -0.39 is 29.9 Å². The van der Waals surface area contributed by atoms with Gasteiger partial charge in [-0.25, -0.2) is 0 Å². The van der Waals surface area contributed by atoms with Gasteiger partial charge in [-0.05, 0) is 37.5 Å². The molecule has 0 aliphatic heterocycles. The lowest BCUT2D eigenvalue weighted by Crippen LogP contribution is -2.51. The van der Waals surface area contributed by atoms with Crippen molar-refractivity contribution < 1.29 is 19.5 Å². The van der Waals surface area contributed by atoms with Crippen LogP contribution in [0.3, 0.4) is 0 Å². The van der Waals surface area contributed by atoms with Crippen LogP contribution in [0.2, 0.25) is 5.02 Å². The number of rotatable bonds is 8. The highest BCUT2D eigenvalue weighted by atomic mass is 35.5. The molecule has 0 aliphatic rings. The van der Waals surface area contributed by atoms with E-state index in [1.54, 1.807) is 24.3 Å². The van der Waals surface area contributed by atoms with E-state index >= 15 is 0 Å². The maximum Gasteiger partial charge on any atom is 0.325 e. The Bertz CT molecular complexity index is 582. The summed E-state index contributed by atoms with van der Waals surface area (Å²) in [6.45, 7) is 1.36. The van der Waals surface area contributed by atoms with Crippen molar-refractivity contribution >= 4 is 41.1 Å². The van der Waals surface area contributed by atoms with Gasteiger partial charge < -0.3 is 15.7 Å². The summed E-state index contributed by atoms with van der Waals surface area (Å²) in [7, 11) is 0. The Labute approximate surface area is 144 Å². The SMILES string of the molecule is CSCCC(NC(=O)c1ccccc1Cl)C(=O)NC(C)C(=O)O. The molecule has 0 aromatic heterocycles. The van der Waals surface area contributed by atoms with Gasteiger partial charge in [0.1, 0.15) is 12.1 Å². The highest BCUT2D eigenvalue weighted by Crippen LogP contribution is 2.15. The van der Waals surface area contributed by atoms with Gasteiger partial charge in [-0.2, -0.15) is 11.8 Å². The summed E-state index contributed by atoms with van der Waals surface area (Å²) in [5, 5.41) is 14.1. The summed E-state index contributed by atoms with van der Waals surface area (Å²) in [5.74, 6) is -1.50. The number of benzene rings is 1. The number of carboxylic acid groups (broad SMARTS) is 1. The molecule has 0 radical (unpaired) electrons. The highest BCUT2D eigenvalue weighted by Gasteiger charge is 2.24.